The van der Waals surface area contributed by atoms with E-state index >= 15 is 0 Å². The molecule has 1 aliphatic rings. The van der Waals surface area contributed by atoms with Gasteiger partial charge >= 0.3 is 0 Å². The van der Waals surface area contributed by atoms with Gasteiger partial charge in [0.2, 0.25) is 5.91 Å². The summed E-state index contributed by atoms with van der Waals surface area (Å²) in [5.74, 6) is 0.275. The summed E-state index contributed by atoms with van der Waals surface area (Å²) in [6.07, 6.45) is -0.0140. The first-order chi connectivity index (χ1) is 11.3. The normalized spacial score (nSPS) is 17.8. The van der Waals surface area contributed by atoms with E-state index in [4.69, 9.17) is 0 Å². The van der Waals surface area contributed by atoms with Crippen molar-refractivity contribution in [2.24, 2.45) is 0 Å². The molecular formula is C21H26N2O. The van der Waals surface area contributed by atoms with E-state index in [1.165, 1.54) is 33.4 Å². The van der Waals surface area contributed by atoms with Gasteiger partial charge in [-0.05, 0) is 38.8 Å². The van der Waals surface area contributed by atoms with Crippen molar-refractivity contribution in [1.29, 1.82) is 0 Å². The highest BCUT2D eigenvalue weighted by molar-refractivity contribution is 5.80. The summed E-state index contributed by atoms with van der Waals surface area (Å²) >= 11 is 0. The predicted molar refractivity (Wildman–Crippen MR) is 98.2 cm³/mol. The summed E-state index contributed by atoms with van der Waals surface area (Å²) in [6, 6.07) is 13.4. The number of carbonyl (C=O) groups excluding carboxylic acids is 1. The number of nitrogens with zero attached hydrogens (tertiary/aromatic N) is 1. The smallest absolute Gasteiger partial charge is 0.237 e. The lowest BCUT2D eigenvalue weighted by molar-refractivity contribution is -0.126. The van der Waals surface area contributed by atoms with Gasteiger partial charge in [0.1, 0.15) is 0 Å². The molecule has 2 aromatic rings. The molecule has 1 heterocycles. The van der Waals surface area contributed by atoms with Crippen molar-refractivity contribution < 1.29 is 4.79 Å². The molecule has 3 heteroatoms. The van der Waals surface area contributed by atoms with Gasteiger partial charge in [-0.2, -0.15) is 0 Å². The Morgan fingerprint density at radius 2 is 1.29 bits per heavy atom. The van der Waals surface area contributed by atoms with E-state index in [0.717, 1.165) is 0 Å². The van der Waals surface area contributed by atoms with Gasteiger partial charge in [-0.25, -0.2) is 0 Å². The van der Waals surface area contributed by atoms with Gasteiger partial charge in [0.05, 0.1) is 12.7 Å². The van der Waals surface area contributed by atoms with E-state index in [-0.39, 0.29) is 18.0 Å². The van der Waals surface area contributed by atoms with Crippen LogP contribution in [0.25, 0.3) is 0 Å². The second-order valence-electron chi connectivity index (χ2n) is 7.15. The number of aryl methyl sites for hydroxylation is 4. The van der Waals surface area contributed by atoms with Crippen LogP contribution in [0.5, 0.6) is 0 Å². The van der Waals surface area contributed by atoms with E-state index in [0.29, 0.717) is 6.54 Å². The van der Waals surface area contributed by atoms with Crippen LogP contribution >= 0.6 is 0 Å². The van der Waals surface area contributed by atoms with Crippen LogP contribution in [0.4, 0.5) is 0 Å². The first-order valence-corrected chi connectivity index (χ1v) is 8.50. The molecule has 0 aromatic heterocycles. The highest BCUT2D eigenvalue weighted by atomic mass is 16.2. The van der Waals surface area contributed by atoms with Crippen LogP contribution in [0.1, 0.15) is 39.3 Å². The summed E-state index contributed by atoms with van der Waals surface area (Å²) in [7, 11) is 1.89. The number of likely N-dealkylation sites (N-methyl/N-ethyl adjacent to an activating group) is 1. The number of nitrogens with one attached hydrogen (secondary N) is 1. The molecule has 2 aromatic carbocycles. The van der Waals surface area contributed by atoms with Crippen molar-refractivity contribution in [1.82, 2.24) is 10.2 Å². The van der Waals surface area contributed by atoms with Crippen molar-refractivity contribution >= 4 is 5.91 Å². The molecule has 1 amide bonds. The molecule has 0 aliphatic carbocycles. The van der Waals surface area contributed by atoms with Crippen LogP contribution in [0, 0.1) is 27.7 Å². The average Bonchev–Trinajstić information content (AvgIpc) is 2.78. The number of carbonyl (C=O) groups is 1. The second-order valence-corrected chi connectivity index (χ2v) is 7.15. The first-order valence-electron chi connectivity index (χ1n) is 8.50. The Bertz CT molecular complexity index is 689. The molecule has 3 nitrogen and oxygen atoms in total. The Hall–Kier alpha value is -2.13. The lowest BCUT2D eigenvalue weighted by Gasteiger charge is -2.30. The van der Waals surface area contributed by atoms with Gasteiger partial charge in [-0.15, -0.1) is 0 Å². The van der Waals surface area contributed by atoms with Gasteiger partial charge in [0, 0.05) is 13.0 Å². The number of hydrogen-bond acceptors (Lipinski definition) is 2. The van der Waals surface area contributed by atoms with Gasteiger partial charge in [0.25, 0.3) is 0 Å². The lowest BCUT2D eigenvalue weighted by Crippen LogP contribution is -2.40. The van der Waals surface area contributed by atoms with Gasteiger partial charge < -0.3 is 4.90 Å². The third-order valence-electron chi connectivity index (χ3n) is 4.80. The van der Waals surface area contributed by atoms with E-state index in [1.54, 1.807) is 0 Å². The molecule has 1 fully saturated rings. The molecule has 126 valence electrons. The molecule has 1 aliphatic heterocycles. The molecule has 1 unspecified atom stereocenters. The minimum absolute atomic E-state index is 0.0140. The Labute approximate surface area is 144 Å². The number of benzene rings is 2. The van der Waals surface area contributed by atoms with Crippen LogP contribution in [0.3, 0.4) is 0 Å². The minimum atomic E-state index is -0.0140. The van der Waals surface area contributed by atoms with E-state index in [9.17, 15) is 4.79 Å². The minimum Gasteiger partial charge on any atom is -0.328 e. The average molecular weight is 322 g/mol. The van der Waals surface area contributed by atoms with Crippen molar-refractivity contribution in [2.45, 2.75) is 39.8 Å². The van der Waals surface area contributed by atoms with E-state index in [2.05, 4.69) is 69.4 Å². The predicted octanol–water partition coefficient (Wildman–Crippen LogP) is 3.44. The number of rotatable bonds is 3. The first kappa shape index (κ1) is 16.7. The van der Waals surface area contributed by atoms with Gasteiger partial charge in [0.15, 0.2) is 0 Å². The van der Waals surface area contributed by atoms with Crippen LogP contribution in [0.2, 0.25) is 0 Å². The SMILES string of the molecule is Cc1cc(C)cc(C(c2cc(C)cc(C)c2)C2NCC(=O)N2C)c1. The Morgan fingerprint density at radius 3 is 1.62 bits per heavy atom. The molecule has 1 N–H and O–H groups in total. The Balaban J connectivity index is 2.15. The van der Waals surface area contributed by atoms with Gasteiger partial charge in [-0.3, -0.25) is 10.1 Å². The van der Waals surface area contributed by atoms with E-state index in [1.807, 2.05) is 11.9 Å². The quantitative estimate of drug-likeness (QED) is 0.939. The molecular weight excluding hydrogens is 296 g/mol. The Morgan fingerprint density at radius 1 is 0.875 bits per heavy atom. The largest absolute Gasteiger partial charge is 0.328 e. The maximum Gasteiger partial charge on any atom is 0.237 e. The third-order valence-corrected chi connectivity index (χ3v) is 4.80. The maximum atomic E-state index is 12.1. The van der Waals surface area contributed by atoms with Crippen molar-refractivity contribution in [3.05, 3.63) is 69.8 Å². The van der Waals surface area contributed by atoms with E-state index < -0.39 is 0 Å². The fraction of sp³-hybridized carbons (Fsp3) is 0.381. The molecule has 3 rings (SSSR count). The third kappa shape index (κ3) is 3.22. The summed E-state index contributed by atoms with van der Waals surface area (Å²) in [6.45, 7) is 8.93. The summed E-state index contributed by atoms with van der Waals surface area (Å²) in [5.41, 5.74) is 7.54. The second kappa shape index (κ2) is 6.40. The fourth-order valence-corrected chi connectivity index (χ4v) is 3.89. The molecule has 0 radical (unpaired) electrons. The standard InChI is InChI=1S/C21H26N2O/c1-13-6-14(2)9-17(8-13)20(21-22-12-19(24)23(21)5)18-10-15(3)7-16(4)11-18/h6-11,20-22H,12H2,1-5H3. The summed E-state index contributed by atoms with van der Waals surface area (Å²) in [4.78, 5) is 13.9. The zero-order valence-electron chi connectivity index (χ0n) is 15.2. The molecule has 0 saturated carbocycles. The fourth-order valence-electron chi connectivity index (χ4n) is 3.89. The molecule has 0 bridgehead atoms. The molecule has 1 saturated heterocycles. The zero-order chi connectivity index (χ0) is 17.4. The summed E-state index contributed by atoms with van der Waals surface area (Å²) in [5, 5.41) is 3.41. The zero-order valence-corrected chi connectivity index (χ0v) is 15.2. The topological polar surface area (TPSA) is 32.3 Å². The highest BCUT2D eigenvalue weighted by Crippen LogP contribution is 2.33. The number of amides is 1. The van der Waals surface area contributed by atoms with Crippen LogP contribution in [-0.4, -0.2) is 30.6 Å². The summed E-state index contributed by atoms with van der Waals surface area (Å²) < 4.78 is 0. The molecule has 0 spiro atoms. The van der Waals surface area contributed by atoms with Crippen molar-refractivity contribution in [2.75, 3.05) is 13.6 Å². The maximum absolute atomic E-state index is 12.1. The Kier molecular flexibility index (Phi) is 4.46. The van der Waals surface area contributed by atoms with Crippen LogP contribution in [-0.2, 0) is 4.79 Å². The molecule has 24 heavy (non-hydrogen) atoms. The van der Waals surface area contributed by atoms with Crippen LogP contribution < -0.4 is 5.32 Å². The monoisotopic (exact) mass is 322 g/mol. The number of hydrogen-bond donors (Lipinski definition) is 1. The van der Waals surface area contributed by atoms with Gasteiger partial charge in [-0.1, -0.05) is 58.7 Å². The lowest BCUT2D eigenvalue weighted by atomic mass is 9.85. The van der Waals surface area contributed by atoms with Crippen LogP contribution in [0.15, 0.2) is 36.4 Å². The van der Waals surface area contributed by atoms with Crippen molar-refractivity contribution in [3.63, 3.8) is 0 Å². The molecule has 1 atom stereocenters. The highest BCUT2D eigenvalue weighted by Gasteiger charge is 2.35. The van der Waals surface area contributed by atoms with Crippen molar-refractivity contribution in [3.8, 4) is 0 Å².